The predicted molar refractivity (Wildman–Crippen MR) is 41.2 cm³/mol. The maximum absolute atomic E-state index is 10.9. The Morgan fingerprint density at radius 1 is 1.36 bits per heavy atom. The van der Waals surface area contributed by atoms with Crippen molar-refractivity contribution in [2.75, 3.05) is 0 Å². The first-order valence-electron chi connectivity index (χ1n) is 3.50. The number of hydrogen-bond acceptors (Lipinski definition) is 2. The first-order valence-corrected chi connectivity index (χ1v) is 3.50. The van der Waals surface area contributed by atoms with Crippen LogP contribution in [0.25, 0.3) is 0 Å². The number of amides is 1. The number of nitrogens with one attached hydrogen (secondary N) is 2. The molecule has 3 nitrogen and oxygen atoms in total. The standard InChI is InChI=1S/C8H8N2O/c11-8-4-3-6-7(10-8)2-1-5-9-6/h1-3,5,9H,4H2,(H,10,11). The summed E-state index contributed by atoms with van der Waals surface area (Å²) >= 11 is 0. The number of carbonyl (C=O) groups is 1. The van der Waals surface area contributed by atoms with E-state index in [0.717, 1.165) is 11.4 Å². The second kappa shape index (κ2) is 2.27. The van der Waals surface area contributed by atoms with Crippen LogP contribution in [0.1, 0.15) is 6.42 Å². The van der Waals surface area contributed by atoms with Crippen LogP contribution >= 0.6 is 0 Å². The van der Waals surface area contributed by atoms with E-state index in [-0.39, 0.29) is 5.91 Å². The summed E-state index contributed by atoms with van der Waals surface area (Å²) < 4.78 is 0. The van der Waals surface area contributed by atoms with E-state index in [1.54, 1.807) is 0 Å². The number of fused-ring (bicyclic) bond motifs is 1. The Morgan fingerprint density at radius 2 is 2.27 bits per heavy atom. The Bertz CT molecular complexity index is 286. The van der Waals surface area contributed by atoms with Gasteiger partial charge in [-0.15, -0.1) is 0 Å². The van der Waals surface area contributed by atoms with E-state index < -0.39 is 0 Å². The molecule has 3 heteroatoms. The Morgan fingerprint density at radius 3 is 3.18 bits per heavy atom. The van der Waals surface area contributed by atoms with Crippen molar-refractivity contribution < 1.29 is 4.79 Å². The van der Waals surface area contributed by atoms with Gasteiger partial charge in [0.05, 0.1) is 11.4 Å². The molecule has 0 aliphatic carbocycles. The SMILES string of the molecule is O=C1CC=C2NC=CC=C2N1. The second-order valence-corrected chi connectivity index (χ2v) is 2.45. The molecular weight excluding hydrogens is 140 g/mol. The normalized spacial score (nSPS) is 20.9. The monoisotopic (exact) mass is 148 g/mol. The topological polar surface area (TPSA) is 41.1 Å². The zero-order chi connectivity index (χ0) is 7.68. The van der Waals surface area contributed by atoms with Crippen LogP contribution < -0.4 is 10.6 Å². The summed E-state index contributed by atoms with van der Waals surface area (Å²) in [6, 6.07) is 0. The summed E-state index contributed by atoms with van der Waals surface area (Å²) in [5.41, 5.74) is 1.86. The summed E-state index contributed by atoms with van der Waals surface area (Å²) in [4.78, 5) is 10.9. The van der Waals surface area contributed by atoms with E-state index in [1.807, 2.05) is 24.4 Å². The van der Waals surface area contributed by atoms with Crippen molar-refractivity contribution in [3.8, 4) is 0 Å². The van der Waals surface area contributed by atoms with Gasteiger partial charge in [0.25, 0.3) is 0 Å². The molecule has 0 aromatic heterocycles. The lowest BCUT2D eigenvalue weighted by Gasteiger charge is -2.19. The summed E-state index contributed by atoms with van der Waals surface area (Å²) in [6.07, 6.45) is 7.92. The zero-order valence-electron chi connectivity index (χ0n) is 5.92. The lowest BCUT2D eigenvalue weighted by atomic mass is 10.1. The van der Waals surface area contributed by atoms with Crippen molar-refractivity contribution in [2.24, 2.45) is 0 Å². The van der Waals surface area contributed by atoms with Gasteiger partial charge in [-0.2, -0.15) is 0 Å². The molecule has 2 rings (SSSR count). The van der Waals surface area contributed by atoms with Gasteiger partial charge >= 0.3 is 0 Å². The lowest BCUT2D eigenvalue weighted by molar-refractivity contribution is -0.119. The maximum atomic E-state index is 10.9. The molecule has 56 valence electrons. The van der Waals surface area contributed by atoms with E-state index >= 15 is 0 Å². The molecule has 2 heterocycles. The smallest absolute Gasteiger partial charge is 0.228 e. The first-order chi connectivity index (χ1) is 5.36. The molecule has 2 aliphatic rings. The Labute approximate surface area is 64.5 Å². The minimum atomic E-state index is 0.0529. The van der Waals surface area contributed by atoms with E-state index in [0.29, 0.717) is 6.42 Å². The van der Waals surface area contributed by atoms with Gasteiger partial charge < -0.3 is 10.6 Å². The van der Waals surface area contributed by atoms with E-state index in [2.05, 4.69) is 10.6 Å². The highest BCUT2D eigenvalue weighted by atomic mass is 16.1. The molecule has 0 saturated carbocycles. The van der Waals surface area contributed by atoms with Gasteiger partial charge in [0.1, 0.15) is 0 Å². The Balaban J connectivity index is 2.35. The average molecular weight is 148 g/mol. The van der Waals surface area contributed by atoms with Crippen LogP contribution in [0.15, 0.2) is 35.8 Å². The largest absolute Gasteiger partial charge is 0.360 e. The lowest BCUT2D eigenvalue weighted by Crippen LogP contribution is -2.31. The van der Waals surface area contributed by atoms with E-state index in [9.17, 15) is 4.79 Å². The van der Waals surface area contributed by atoms with Crippen LogP contribution in [0.5, 0.6) is 0 Å². The van der Waals surface area contributed by atoms with Crippen LogP contribution in [-0.2, 0) is 4.79 Å². The molecule has 1 amide bonds. The van der Waals surface area contributed by atoms with Gasteiger partial charge in [-0.1, -0.05) is 0 Å². The summed E-state index contributed by atoms with van der Waals surface area (Å²) in [6.45, 7) is 0. The molecule has 0 bridgehead atoms. The maximum Gasteiger partial charge on any atom is 0.228 e. The highest BCUT2D eigenvalue weighted by molar-refractivity contribution is 5.82. The van der Waals surface area contributed by atoms with Gasteiger partial charge in [-0.3, -0.25) is 4.79 Å². The molecule has 11 heavy (non-hydrogen) atoms. The number of rotatable bonds is 0. The van der Waals surface area contributed by atoms with Gasteiger partial charge in [-0.25, -0.2) is 0 Å². The minimum Gasteiger partial charge on any atom is -0.360 e. The molecule has 0 saturated heterocycles. The van der Waals surface area contributed by atoms with Crippen LogP contribution in [0, 0.1) is 0 Å². The molecule has 0 aromatic carbocycles. The average Bonchev–Trinajstić information content (AvgIpc) is 2.04. The zero-order valence-corrected chi connectivity index (χ0v) is 5.92. The van der Waals surface area contributed by atoms with Gasteiger partial charge in [0, 0.05) is 12.6 Å². The fourth-order valence-electron chi connectivity index (χ4n) is 1.12. The third-order valence-electron chi connectivity index (χ3n) is 1.65. The fourth-order valence-corrected chi connectivity index (χ4v) is 1.12. The summed E-state index contributed by atoms with van der Waals surface area (Å²) in [7, 11) is 0. The number of hydrogen-bond donors (Lipinski definition) is 2. The second-order valence-electron chi connectivity index (χ2n) is 2.45. The van der Waals surface area contributed by atoms with E-state index in [1.165, 1.54) is 0 Å². The fraction of sp³-hybridized carbons (Fsp3) is 0.125. The molecule has 0 spiro atoms. The number of allylic oxidation sites excluding steroid dienone is 2. The van der Waals surface area contributed by atoms with Crippen LogP contribution in [0.4, 0.5) is 0 Å². The summed E-state index contributed by atoms with van der Waals surface area (Å²) in [5.74, 6) is 0.0529. The van der Waals surface area contributed by atoms with Crippen LogP contribution in [-0.4, -0.2) is 5.91 Å². The molecule has 2 N–H and O–H groups in total. The number of carbonyl (C=O) groups excluding carboxylic acids is 1. The first kappa shape index (κ1) is 6.22. The van der Waals surface area contributed by atoms with Crippen LogP contribution in [0.3, 0.4) is 0 Å². The Kier molecular flexibility index (Phi) is 1.28. The predicted octanol–water partition coefficient (Wildman–Crippen LogP) is 0.391. The van der Waals surface area contributed by atoms with Crippen molar-refractivity contribution >= 4 is 5.91 Å². The molecule has 0 aromatic rings. The third-order valence-corrected chi connectivity index (χ3v) is 1.65. The Hall–Kier alpha value is -1.51. The number of dihydropyridines is 1. The van der Waals surface area contributed by atoms with Gasteiger partial charge in [0.2, 0.25) is 5.91 Å². The third kappa shape index (κ3) is 1.05. The minimum absolute atomic E-state index is 0.0529. The highest BCUT2D eigenvalue weighted by Crippen LogP contribution is 2.13. The molecule has 0 atom stereocenters. The molecule has 0 unspecified atom stereocenters. The van der Waals surface area contributed by atoms with Crippen molar-refractivity contribution in [2.45, 2.75) is 6.42 Å². The molecule has 0 fully saturated rings. The highest BCUT2D eigenvalue weighted by Gasteiger charge is 2.14. The molecule has 0 radical (unpaired) electrons. The quantitative estimate of drug-likeness (QED) is 0.521. The summed E-state index contributed by atoms with van der Waals surface area (Å²) in [5, 5.41) is 5.80. The van der Waals surface area contributed by atoms with E-state index in [4.69, 9.17) is 0 Å². The van der Waals surface area contributed by atoms with Crippen molar-refractivity contribution in [1.29, 1.82) is 0 Å². The van der Waals surface area contributed by atoms with Crippen molar-refractivity contribution in [3.05, 3.63) is 35.8 Å². The molecule has 2 aliphatic heterocycles. The van der Waals surface area contributed by atoms with Crippen molar-refractivity contribution in [1.82, 2.24) is 10.6 Å². The van der Waals surface area contributed by atoms with Crippen LogP contribution in [0.2, 0.25) is 0 Å². The molecular formula is C8H8N2O. The van der Waals surface area contributed by atoms with Gasteiger partial charge in [0.15, 0.2) is 0 Å². The van der Waals surface area contributed by atoms with Gasteiger partial charge in [-0.05, 0) is 18.2 Å². The van der Waals surface area contributed by atoms with Crippen molar-refractivity contribution in [3.63, 3.8) is 0 Å².